The molecule has 0 amide bonds. The lowest BCUT2D eigenvalue weighted by atomic mass is 9.91. The van der Waals surface area contributed by atoms with Crippen molar-refractivity contribution in [1.29, 1.82) is 0 Å². The molecule has 21 heavy (non-hydrogen) atoms. The SMILES string of the molecule is CCCN1CCN(C(C(C)C)C(O)c2ccccc2)CC1. The molecule has 0 bridgehead atoms. The fraction of sp³-hybridized carbons (Fsp3) is 0.667. The second kappa shape index (κ2) is 7.92. The zero-order valence-electron chi connectivity index (χ0n) is 13.7. The monoisotopic (exact) mass is 290 g/mol. The lowest BCUT2D eigenvalue weighted by Crippen LogP contribution is -2.53. The maximum atomic E-state index is 10.8. The van der Waals surface area contributed by atoms with Crippen LogP contribution in [-0.2, 0) is 0 Å². The Labute approximate surface area is 129 Å². The molecule has 3 heteroatoms. The summed E-state index contributed by atoms with van der Waals surface area (Å²) in [5, 5.41) is 10.8. The standard InChI is InChI=1S/C18H30N2O/c1-4-10-19-11-13-20(14-12-19)17(15(2)3)18(21)16-8-6-5-7-9-16/h5-9,15,17-18,21H,4,10-14H2,1-3H3. The summed E-state index contributed by atoms with van der Waals surface area (Å²) in [6.45, 7) is 12.2. The van der Waals surface area contributed by atoms with E-state index in [0.717, 1.165) is 31.7 Å². The highest BCUT2D eigenvalue weighted by Gasteiger charge is 2.31. The van der Waals surface area contributed by atoms with Crippen molar-refractivity contribution in [3.05, 3.63) is 35.9 Å². The van der Waals surface area contributed by atoms with Crippen molar-refractivity contribution >= 4 is 0 Å². The van der Waals surface area contributed by atoms with E-state index in [2.05, 4.69) is 30.6 Å². The van der Waals surface area contributed by atoms with Crippen molar-refractivity contribution in [2.75, 3.05) is 32.7 Å². The highest BCUT2D eigenvalue weighted by molar-refractivity contribution is 5.19. The van der Waals surface area contributed by atoms with Crippen molar-refractivity contribution in [3.63, 3.8) is 0 Å². The molecule has 0 radical (unpaired) electrons. The molecule has 2 atom stereocenters. The first-order valence-electron chi connectivity index (χ1n) is 8.33. The Balaban J connectivity index is 2.03. The van der Waals surface area contributed by atoms with Crippen LogP contribution >= 0.6 is 0 Å². The van der Waals surface area contributed by atoms with E-state index in [4.69, 9.17) is 0 Å². The molecule has 0 spiro atoms. The number of aliphatic hydroxyl groups excluding tert-OH is 1. The first kappa shape index (κ1) is 16.5. The van der Waals surface area contributed by atoms with Crippen LogP contribution in [0.3, 0.4) is 0 Å². The molecule has 0 saturated carbocycles. The van der Waals surface area contributed by atoms with Crippen LogP contribution in [0.4, 0.5) is 0 Å². The van der Waals surface area contributed by atoms with Crippen LogP contribution in [0, 0.1) is 5.92 Å². The summed E-state index contributed by atoms with van der Waals surface area (Å²) < 4.78 is 0. The summed E-state index contributed by atoms with van der Waals surface area (Å²) in [6.07, 6.45) is 0.823. The Kier molecular flexibility index (Phi) is 6.22. The maximum Gasteiger partial charge on any atom is 0.0947 e. The van der Waals surface area contributed by atoms with Crippen LogP contribution in [0.1, 0.15) is 38.9 Å². The van der Waals surface area contributed by atoms with Gasteiger partial charge in [-0.05, 0) is 24.4 Å². The van der Waals surface area contributed by atoms with E-state index in [1.54, 1.807) is 0 Å². The molecule has 1 aliphatic rings. The van der Waals surface area contributed by atoms with Gasteiger partial charge in [-0.15, -0.1) is 0 Å². The number of aliphatic hydroxyl groups is 1. The number of piperazine rings is 1. The molecule has 1 saturated heterocycles. The highest BCUT2D eigenvalue weighted by atomic mass is 16.3. The predicted octanol–water partition coefficient (Wildman–Crippen LogP) is 2.77. The molecule has 1 fully saturated rings. The van der Waals surface area contributed by atoms with Gasteiger partial charge in [0, 0.05) is 32.2 Å². The van der Waals surface area contributed by atoms with E-state index in [0.29, 0.717) is 5.92 Å². The van der Waals surface area contributed by atoms with Gasteiger partial charge in [0.25, 0.3) is 0 Å². The molecule has 0 aliphatic carbocycles. The molecular formula is C18H30N2O. The van der Waals surface area contributed by atoms with E-state index in [1.165, 1.54) is 13.0 Å². The second-order valence-corrected chi connectivity index (χ2v) is 6.47. The zero-order chi connectivity index (χ0) is 15.2. The molecule has 1 aromatic carbocycles. The van der Waals surface area contributed by atoms with E-state index in [1.807, 2.05) is 30.3 Å². The third-order valence-corrected chi connectivity index (χ3v) is 4.52. The number of hydrogen-bond donors (Lipinski definition) is 1. The van der Waals surface area contributed by atoms with Gasteiger partial charge in [-0.2, -0.15) is 0 Å². The molecule has 1 heterocycles. The summed E-state index contributed by atoms with van der Waals surface area (Å²) in [6, 6.07) is 10.3. The summed E-state index contributed by atoms with van der Waals surface area (Å²) in [4.78, 5) is 5.01. The van der Waals surface area contributed by atoms with Crippen LogP contribution in [0.25, 0.3) is 0 Å². The van der Waals surface area contributed by atoms with Gasteiger partial charge >= 0.3 is 0 Å². The van der Waals surface area contributed by atoms with E-state index < -0.39 is 6.10 Å². The van der Waals surface area contributed by atoms with E-state index in [9.17, 15) is 5.11 Å². The third kappa shape index (κ3) is 4.29. The molecular weight excluding hydrogens is 260 g/mol. The van der Waals surface area contributed by atoms with Crippen molar-refractivity contribution in [2.24, 2.45) is 5.92 Å². The first-order valence-corrected chi connectivity index (χ1v) is 8.33. The van der Waals surface area contributed by atoms with E-state index in [-0.39, 0.29) is 6.04 Å². The van der Waals surface area contributed by atoms with Crippen LogP contribution in [0.2, 0.25) is 0 Å². The largest absolute Gasteiger partial charge is 0.387 e. The molecule has 2 rings (SSSR count). The molecule has 1 N–H and O–H groups in total. The maximum absolute atomic E-state index is 10.8. The second-order valence-electron chi connectivity index (χ2n) is 6.47. The van der Waals surface area contributed by atoms with Gasteiger partial charge < -0.3 is 10.0 Å². The molecule has 1 aliphatic heterocycles. The predicted molar refractivity (Wildman–Crippen MR) is 88.3 cm³/mol. The van der Waals surface area contributed by atoms with Gasteiger partial charge in [0.15, 0.2) is 0 Å². The number of nitrogens with zero attached hydrogens (tertiary/aromatic N) is 2. The van der Waals surface area contributed by atoms with Crippen molar-refractivity contribution < 1.29 is 5.11 Å². The summed E-state index contributed by atoms with van der Waals surface area (Å²) >= 11 is 0. The Hall–Kier alpha value is -0.900. The van der Waals surface area contributed by atoms with Crippen molar-refractivity contribution in [2.45, 2.75) is 39.3 Å². The fourth-order valence-electron chi connectivity index (χ4n) is 3.43. The average Bonchev–Trinajstić information content (AvgIpc) is 2.50. The van der Waals surface area contributed by atoms with Gasteiger partial charge in [-0.1, -0.05) is 51.1 Å². The van der Waals surface area contributed by atoms with Gasteiger partial charge in [0.1, 0.15) is 0 Å². The Morgan fingerprint density at radius 3 is 2.19 bits per heavy atom. The van der Waals surface area contributed by atoms with Crippen LogP contribution < -0.4 is 0 Å². The number of benzene rings is 1. The normalized spacial score (nSPS) is 20.6. The van der Waals surface area contributed by atoms with Gasteiger partial charge in [0.2, 0.25) is 0 Å². The lowest BCUT2D eigenvalue weighted by molar-refractivity contribution is -0.00355. The summed E-state index contributed by atoms with van der Waals surface area (Å²) in [5.41, 5.74) is 1.03. The molecule has 118 valence electrons. The Bertz CT molecular complexity index is 399. The third-order valence-electron chi connectivity index (χ3n) is 4.52. The van der Waals surface area contributed by atoms with Gasteiger partial charge in [0.05, 0.1) is 6.10 Å². The quantitative estimate of drug-likeness (QED) is 0.873. The summed E-state index contributed by atoms with van der Waals surface area (Å²) in [7, 11) is 0. The first-order chi connectivity index (χ1) is 10.1. The average molecular weight is 290 g/mol. The molecule has 3 nitrogen and oxygen atoms in total. The van der Waals surface area contributed by atoms with Crippen LogP contribution in [-0.4, -0.2) is 53.7 Å². The van der Waals surface area contributed by atoms with Gasteiger partial charge in [-0.25, -0.2) is 0 Å². The summed E-state index contributed by atoms with van der Waals surface area (Å²) in [5.74, 6) is 0.443. The molecule has 1 aromatic rings. The van der Waals surface area contributed by atoms with Crippen molar-refractivity contribution in [3.8, 4) is 0 Å². The zero-order valence-corrected chi connectivity index (χ0v) is 13.7. The topological polar surface area (TPSA) is 26.7 Å². The van der Waals surface area contributed by atoms with Crippen LogP contribution in [0.5, 0.6) is 0 Å². The highest BCUT2D eigenvalue weighted by Crippen LogP contribution is 2.27. The van der Waals surface area contributed by atoms with Crippen LogP contribution in [0.15, 0.2) is 30.3 Å². The smallest absolute Gasteiger partial charge is 0.0947 e. The Morgan fingerprint density at radius 1 is 1.05 bits per heavy atom. The molecule has 0 aromatic heterocycles. The lowest BCUT2D eigenvalue weighted by Gasteiger charge is -2.42. The number of hydrogen-bond acceptors (Lipinski definition) is 3. The van der Waals surface area contributed by atoms with E-state index >= 15 is 0 Å². The minimum atomic E-state index is -0.399. The van der Waals surface area contributed by atoms with Crippen molar-refractivity contribution in [1.82, 2.24) is 9.80 Å². The molecule has 2 unspecified atom stereocenters. The minimum absolute atomic E-state index is 0.205. The fourth-order valence-corrected chi connectivity index (χ4v) is 3.43. The number of rotatable bonds is 6. The minimum Gasteiger partial charge on any atom is -0.387 e. The van der Waals surface area contributed by atoms with Gasteiger partial charge in [-0.3, -0.25) is 4.90 Å². The Morgan fingerprint density at radius 2 is 1.67 bits per heavy atom.